The third kappa shape index (κ3) is 3.66. The van der Waals surface area contributed by atoms with E-state index in [-0.39, 0.29) is 21.7 Å². The molecule has 0 fully saturated rings. The number of halogens is 3. The molecule has 0 saturated carbocycles. The van der Waals surface area contributed by atoms with E-state index in [2.05, 4.69) is 15.9 Å². The van der Waals surface area contributed by atoms with E-state index in [9.17, 15) is 17.2 Å². The Hall–Kier alpha value is -1.31. The molecule has 0 aliphatic rings. The first-order valence-electron chi connectivity index (χ1n) is 5.96. The summed E-state index contributed by atoms with van der Waals surface area (Å²) in [5.41, 5.74) is 0.653. The quantitative estimate of drug-likeness (QED) is 0.819. The third-order valence-electron chi connectivity index (χ3n) is 2.90. The van der Waals surface area contributed by atoms with E-state index in [1.807, 2.05) is 0 Å². The van der Waals surface area contributed by atoms with E-state index in [4.69, 9.17) is 0 Å². The van der Waals surface area contributed by atoms with E-state index in [1.165, 1.54) is 37.4 Å². The minimum absolute atomic E-state index is 0.0199. The summed E-state index contributed by atoms with van der Waals surface area (Å²) in [5.74, 6) is -0.910. The first kappa shape index (κ1) is 16.1. The summed E-state index contributed by atoms with van der Waals surface area (Å²) in [7, 11) is -2.36. The van der Waals surface area contributed by atoms with Crippen LogP contribution < -0.4 is 0 Å². The van der Waals surface area contributed by atoms with Gasteiger partial charge in [-0.15, -0.1) is 0 Å². The minimum atomic E-state index is -3.77. The highest BCUT2D eigenvalue weighted by Crippen LogP contribution is 2.26. The van der Waals surface area contributed by atoms with Gasteiger partial charge in [0.15, 0.2) is 0 Å². The summed E-state index contributed by atoms with van der Waals surface area (Å²) in [4.78, 5) is -0.0199. The minimum Gasteiger partial charge on any atom is -0.207 e. The molecule has 112 valence electrons. The number of sulfonamides is 1. The van der Waals surface area contributed by atoms with Crippen molar-refractivity contribution in [2.24, 2.45) is 0 Å². The van der Waals surface area contributed by atoms with E-state index in [0.29, 0.717) is 5.56 Å². The van der Waals surface area contributed by atoms with E-state index in [0.717, 1.165) is 16.4 Å². The smallest absolute Gasteiger partial charge is 0.207 e. The van der Waals surface area contributed by atoms with Crippen LogP contribution >= 0.6 is 15.9 Å². The molecule has 0 aliphatic carbocycles. The summed E-state index contributed by atoms with van der Waals surface area (Å²) < 4.78 is 52.0. The summed E-state index contributed by atoms with van der Waals surface area (Å²) in [5, 5.41) is 0. The van der Waals surface area contributed by atoms with Gasteiger partial charge >= 0.3 is 0 Å². The summed E-state index contributed by atoms with van der Waals surface area (Å²) in [6, 6.07) is 8.95. The van der Waals surface area contributed by atoms with Gasteiger partial charge in [-0.05, 0) is 51.8 Å². The predicted octanol–water partition coefficient (Wildman–Crippen LogP) is 3.55. The normalized spacial score (nSPS) is 11.9. The van der Waals surface area contributed by atoms with Crippen molar-refractivity contribution in [2.45, 2.75) is 11.4 Å². The largest absolute Gasteiger partial charge is 0.244 e. The zero-order valence-corrected chi connectivity index (χ0v) is 13.5. The standard InChI is InChI=1S/C14H12BrF2NO2S/c1-18(9-10-2-4-11(16)5-3-10)21(19,20)14-7-6-12(17)8-13(14)15/h2-8H,9H2,1H3. The average Bonchev–Trinajstić information content (AvgIpc) is 2.40. The fourth-order valence-electron chi connectivity index (χ4n) is 1.78. The van der Waals surface area contributed by atoms with Gasteiger partial charge < -0.3 is 0 Å². The van der Waals surface area contributed by atoms with Crippen molar-refractivity contribution in [1.82, 2.24) is 4.31 Å². The Kier molecular flexibility index (Phi) is 4.75. The first-order valence-corrected chi connectivity index (χ1v) is 8.20. The molecule has 21 heavy (non-hydrogen) atoms. The number of rotatable bonds is 4. The molecule has 2 aromatic carbocycles. The van der Waals surface area contributed by atoms with Gasteiger partial charge in [-0.1, -0.05) is 12.1 Å². The van der Waals surface area contributed by atoms with Crippen LogP contribution in [0.2, 0.25) is 0 Å². The number of hydrogen-bond donors (Lipinski definition) is 0. The summed E-state index contributed by atoms with van der Waals surface area (Å²) in [6.45, 7) is 0.0897. The zero-order valence-electron chi connectivity index (χ0n) is 11.1. The Morgan fingerprint density at radius 1 is 1.05 bits per heavy atom. The molecular formula is C14H12BrF2NO2S. The lowest BCUT2D eigenvalue weighted by molar-refractivity contribution is 0.466. The van der Waals surface area contributed by atoms with Crippen LogP contribution in [0.25, 0.3) is 0 Å². The lowest BCUT2D eigenvalue weighted by Gasteiger charge is -2.18. The van der Waals surface area contributed by atoms with Gasteiger partial charge in [0.25, 0.3) is 0 Å². The highest BCUT2D eigenvalue weighted by molar-refractivity contribution is 9.10. The Bertz CT molecular complexity index is 748. The second kappa shape index (κ2) is 6.21. The SMILES string of the molecule is CN(Cc1ccc(F)cc1)S(=O)(=O)c1ccc(F)cc1Br. The fraction of sp³-hybridized carbons (Fsp3) is 0.143. The van der Waals surface area contributed by atoms with Crippen molar-refractivity contribution >= 4 is 26.0 Å². The van der Waals surface area contributed by atoms with Gasteiger partial charge in [-0.3, -0.25) is 0 Å². The topological polar surface area (TPSA) is 37.4 Å². The Labute approximate surface area is 130 Å². The molecule has 0 aliphatic heterocycles. The molecule has 0 atom stereocenters. The van der Waals surface area contributed by atoms with Crippen molar-refractivity contribution in [2.75, 3.05) is 7.05 Å². The number of hydrogen-bond acceptors (Lipinski definition) is 2. The lowest BCUT2D eigenvalue weighted by Crippen LogP contribution is -2.26. The van der Waals surface area contributed by atoms with E-state index >= 15 is 0 Å². The van der Waals surface area contributed by atoms with Crippen molar-refractivity contribution < 1.29 is 17.2 Å². The van der Waals surface area contributed by atoms with E-state index in [1.54, 1.807) is 0 Å². The maximum atomic E-state index is 13.0. The molecule has 0 unspecified atom stereocenters. The molecular weight excluding hydrogens is 364 g/mol. The maximum Gasteiger partial charge on any atom is 0.244 e. The second-order valence-electron chi connectivity index (χ2n) is 4.46. The predicted molar refractivity (Wildman–Crippen MR) is 79.2 cm³/mol. The fourth-order valence-corrected chi connectivity index (χ4v) is 3.95. The van der Waals surface area contributed by atoms with Crippen LogP contribution in [0, 0.1) is 11.6 Å². The van der Waals surface area contributed by atoms with Gasteiger partial charge in [0.2, 0.25) is 10.0 Å². The first-order chi connectivity index (χ1) is 9.80. The molecule has 0 bridgehead atoms. The van der Waals surface area contributed by atoms with Gasteiger partial charge in [0.05, 0.1) is 4.90 Å². The van der Waals surface area contributed by atoms with Crippen LogP contribution in [0.5, 0.6) is 0 Å². The average molecular weight is 376 g/mol. The summed E-state index contributed by atoms with van der Waals surface area (Å²) >= 11 is 3.05. The Morgan fingerprint density at radius 3 is 2.19 bits per heavy atom. The molecule has 7 heteroatoms. The molecule has 0 heterocycles. The van der Waals surface area contributed by atoms with Gasteiger partial charge in [-0.25, -0.2) is 17.2 Å². The van der Waals surface area contributed by atoms with Crippen molar-refractivity contribution in [1.29, 1.82) is 0 Å². The van der Waals surface area contributed by atoms with Crippen LogP contribution in [0.1, 0.15) is 5.56 Å². The number of benzene rings is 2. The van der Waals surface area contributed by atoms with E-state index < -0.39 is 15.8 Å². The van der Waals surface area contributed by atoms with Crippen LogP contribution in [0.3, 0.4) is 0 Å². The maximum absolute atomic E-state index is 13.0. The lowest BCUT2D eigenvalue weighted by atomic mass is 10.2. The van der Waals surface area contributed by atoms with Crippen LogP contribution in [-0.2, 0) is 16.6 Å². The molecule has 0 spiro atoms. The van der Waals surface area contributed by atoms with Crippen LogP contribution in [-0.4, -0.2) is 19.8 Å². The van der Waals surface area contributed by atoms with Gasteiger partial charge in [-0.2, -0.15) is 4.31 Å². The molecule has 0 aromatic heterocycles. The van der Waals surface area contributed by atoms with Gasteiger partial charge in [0, 0.05) is 18.1 Å². The molecule has 2 rings (SSSR count). The van der Waals surface area contributed by atoms with Crippen molar-refractivity contribution in [3.63, 3.8) is 0 Å². The van der Waals surface area contributed by atoms with Crippen molar-refractivity contribution in [3.05, 3.63) is 64.1 Å². The molecule has 0 N–H and O–H groups in total. The third-order valence-corrected chi connectivity index (χ3v) is 5.68. The molecule has 0 amide bonds. The highest BCUT2D eigenvalue weighted by Gasteiger charge is 2.23. The highest BCUT2D eigenvalue weighted by atomic mass is 79.9. The Balaban J connectivity index is 2.28. The second-order valence-corrected chi connectivity index (χ2v) is 7.33. The van der Waals surface area contributed by atoms with Crippen LogP contribution in [0.15, 0.2) is 51.8 Å². The number of nitrogens with zero attached hydrogens (tertiary/aromatic N) is 1. The van der Waals surface area contributed by atoms with Gasteiger partial charge in [0.1, 0.15) is 11.6 Å². The monoisotopic (exact) mass is 375 g/mol. The summed E-state index contributed by atoms with van der Waals surface area (Å²) in [6.07, 6.45) is 0. The van der Waals surface area contributed by atoms with Crippen molar-refractivity contribution in [3.8, 4) is 0 Å². The Morgan fingerprint density at radius 2 is 1.62 bits per heavy atom. The zero-order chi connectivity index (χ0) is 15.6. The molecule has 2 aromatic rings. The molecule has 3 nitrogen and oxygen atoms in total. The molecule has 0 radical (unpaired) electrons. The van der Waals surface area contributed by atoms with Crippen LogP contribution in [0.4, 0.5) is 8.78 Å². The molecule has 0 saturated heterocycles.